The fourth-order valence-electron chi connectivity index (χ4n) is 1.45. The number of hydrogen-bond acceptors (Lipinski definition) is 2. The highest BCUT2D eigenvalue weighted by Crippen LogP contribution is 2.07. The largest absolute Gasteiger partial charge is 0.481 e. The van der Waals surface area contributed by atoms with Gasteiger partial charge < -0.3 is 10.4 Å². The molecule has 1 aromatic carbocycles. The van der Waals surface area contributed by atoms with Crippen molar-refractivity contribution in [3.63, 3.8) is 0 Å². The molecule has 0 aliphatic carbocycles. The van der Waals surface area contributed by atoms with E-state index in [1.807, 2.05) is 0 Å². The molecular weight excluding hydrogens is 249 g/mol. The van der Waals surface area contributed by atoms with Crippen molar-refractivity contribution in [2.75, 3.05) is 6.54 Å². The van der Waals surface area contributed by atoms with E-state index in [0.29, 0.717) is 24.9 Å². The highest BCUT2D eigenvalue weighted by molar-refractivity contribution is 5.91. The molecule has 5 heteroatoms. The summed E-state index contributed by atoms with van der Waals surface area (Å²) in [6.45, 7) is 0.410. The van der Waals surface area contributed by atoms with Crippen molar-refractivity contribution in [1.29, 1.82) is 0 Å². The van der Waals surface area contributed by atoms with E-state index in [0.717, 1.165) is 0 Å². The van der Waals surface area contributed by atoms with E-state index in [4.69, 9.17) is 5.11 Å². The summed E-state index contributed by atoms with van der Waals surface area (Å²) >= 11 is 0. The van der Waals surface area contributed by atoms with Crippen molar-refractivity contribution in [3.8, 4) is 0 Å². The Labute approximate surface area is 110 Å². The van der Waals surface area contributed by atoms with Crippen LogP contribution < -0.4 is 5.32 Å². The van der Waals surface area contributed by atoms with Crippen LogP contribution in [-0.4, -0.2) is 23.5 Å². The smallest absolute Gasteiger partial charge is 0.303 e. The van der Waals surface area contributed by atoms with Crippen LogP contribution in [0.4, 0.5) is 4.39 Å². The molecule has 0 spiro atoms. The third-order valence-corrected chi connectivity index (χ3v) is 2.44. The summed E-state index contributed by atoms with van der Waals surface area (Å²) in [5, 5.41) is 11.0. The van der Waals surface area contributed by atoms with Crippen molar-refractivity contribution >= 4 is 18.0 Å². The Balaban J connectivity index is 2.28. The van der Waals surface area contributed by atoms with Crippen LogP contribution in [0.25, 0.3) is 6.08 Å². The number of nitrogens with one attached hydrogen (secondary N) is 1. The normalized spacial score (nSPS) is 10.6. The highest BCUT2D eigenvalue weighted by atomic mass is 19.1. The van der Waals surface area contributed by atoms with E-state index in [1.54, 1.807) is 18.2 Å². The van der Waals surface area contributed by atoms with Crippen molar-refractivity contribution in [2.45, 2.75) is 19.3 Å². The van der Waals surface area contributed by atoms with Crippen molar-refractivity contribution in [3.05, 3.63) is 41.7 Å². The zero-order valence-electron chi connectivity index (χ0n) is 10.4. The van der Waals surface area contributed by atoms with Gasteiger partial charge in [-0.2, -0.15) is 0 Å². The van der Waals surface area contributed by atoms with Gasteiger partial charge in [-0.25, -0.2) is 4.39 Å². The molecule has 4 nitrogen and oxygen atoms in total. The number of halogens is 1. The molecule has 0 atom stereocenters. The number of amides is 1. The lowest BCUT2D eigenvalue weighted by atomic mass is 10.2. The Kier molecular flexibility index (Phi) is 6.29. The minimum atomic E-state index is -0.842. The molecule has 0 aliphatic heterocycles. The van der Waals surface area contributed by atoms with E-state index in [1.165, 1.54) is 18.2 Å². The molecule has 1 rings (SSSR count). The van der Waals surface area contributed by atoms with E-state index in [-0.39, 0.29) is 18.1 Å². The van der Waals surface area contributed by atoms with Gasteiger partial charge in [-0.15, -0.1) is 0 Å². The van der Waals surface area contributed by atoms with Gasteiger partial charge in [0.1, 0.15) is 5.82 Å². The predicted molar refractivity (Wildman–Crippen MR) is 69.9 cm³/mol. The van der Waals surface area contributed by atoms with Gasteiger partial charge in [0.05, 0.1) is 0 Å². The maximum atomic E-state index is 13.2. The number of aliphatic carboxylic acids is 1. The number of carboxylic acids is 1. The van der Waals surface area contributed by atoms with Crippen LogP contribution in [0.15, 0.2) is 30.3 Å². The number of unbranched alkanes of at least 4 members (excludes halogenated alkanes) is 1. The standard InChI is InChI=1S/C14H16FNO3/c15-12-6-2-1-5-11(12)8-9-13(17)16-10-4-3-7-14(18)19/h1-2,5-6,8-9H,3-4,7,10H2,(H,16,17)(H,18,19). The number of carbonyl (C=O) groups is 2. The second-order valence-corrected chi connectivity index (χ2v) is 4.00. The average molecular weight is 265 g/mol. The fraction of sp³-hybridized carbons (Fsp3) is 0.286. The lowest BCUT2D eigenvalue weighted by Gasteiger charge is -2.01. The lowest BCUT2D eigenvalue weighted by Crippen LogP contribution is -2.22. The summed E-state index contributed by atoms with van der Waals surface area (Å²) in [5.41, 5.74) is 0.350. The van der Waals surface area contributed by atoms with Gasteiger partial charge in [-0.05, 0) is 25.0 Å². The first-order valence-corrected chi connectivity index (χ1v) is 6.02. The number of carbonyl (C=O) groups excluding carboxylic acids is 1. The van der Waals surface area contributed by atoms with Gasteiger partial charge in [0.2, 0.25) is 5.91 Å². The molecule has 0 fully saturated rings. The number of rotatable bonds is 7. The quantitative estimate of drug-likeness (QED) is 0.586. The summed E-state index contributed by atoms with van der Waals surface area (Å²) in [6, 6.07) is 6.16. The minimum absolute atomic E-state index is 0.0982. The molecule has 0 saturated carbocycles. The zero-order chi connectivity index (χ0) is 14.1. The van der Waals surface area contributed by atoms with Crippen LogP contribution >= 0.6 is 0 Å². The molecule has 19 heavy (non-hydrogen) atoms. The Bertz CT molecular complexity index is 472. The molecule has 0 aliphatic rings. The predicted octanol–water partition coefficient (Wildman–Crippen LogP) is 2.21. The van der Waals surface area contributed by atoms with Crippen LogP contribution in [0, 0.1) is 5.82 Å². The van der Waals surface area contributed by atoms with Gasteiger partial charge >= 0.3 is 5.97 Å². The van der Waals surface area contributed by atoms with Crippen LogP contribution in [0.3, 0.4) is 0 Å². The topological polar surface area (TPSA) is 66.4 Å². The second kappa shape index (κ2) is 8.02. The third-order valence-electron chi connectivity index (χ3n) is 2.44. The minimum Gasteiger partial charge on any atom is -0.481 e. The fourth-order valence-corrected chi connectivity index (χ4v) is 1.45. The van der Waals surface area contributed by atoms with E-state index < -0.39 is 5.97 Å². The first-order valence-electron chi connectivity index (χ1n) is 6.02. The summed E-state index contributed by atoms with van der Waals surface area (Å²) in [5.74, 6) is -1.54. The summed E-state index contributed by atoms with van der Waals surface area (Å²) in [4.78, 5) is 21.6. The summed E-state index contributed by atoms with van der Waals surface area (Å²) in [6.07, 6.45) is 3.89. The molecule has 1 aromatic rings. The van der Waals surface area contributed by atoms with Gasteiger partial charge in [0.25, 0.3) is 0 Å². The van der Waals surface area contributed by atoms with Crippen molar-refractivity contribution in [2.24, 2.45) is 0 Å². The van der Waals surface area contributed by atoms with Crippen molar-refractivity contribution in [1.82, 2.24) is 5.32 Å². The second-order valence-electron chi connectivity index (χ2n) is 4.00. The molecule has 0 saturated heterocycles. The van der Waals surface area contributed by atoms with Crippen LogP contribution in [0.1, 0.15) is 24.8 Å². The molecule has 0 heterocycles. The molecular formula is C14H16FNO3. The van der Waals surface area contributed by atoms with Crippen LogP contribution in [-0.2, 0) is 9.59 Å². The Hall–Kier alpha value is -2.17. The van der Waals surface area contributed by atoms with Gasteiger partial charge in [0, 0.05) is 24.6 Å². The van der Waals surface area contributed by atoms with E-state index in [9.17, 15) is 14.0 Å². The molecule has 0 unspecified atom stereocenters. The number of hydrogen-bond donors (Lipinski definition) is 2. The van der Waals surface area contributed by atoms with Gasteiger partial charge in [-0.1, -0.05) is 18.2 Å². The van der Waals surface area contributed by atoms with Gasteiger partial charge in [-0.3, -0.25) is 9.59 Å². The van der Waals surface area contributed by atoms with Crippen molar-refractivity contribution < 1.29 is 19.1 Å². The monoisotopic (exact) mass is 265 g/mol. The number of carboxylic acid groups (broad SMARTS) is 1. The average Bonchev–Trinajstić information content (AvgIpc) is 2.37. The van der Waals surface area contributed by atoms with Gasteiger partial charge in [0.15, 0.2) is 0 Å². The SMILES string of the molecule is O=C(O)CCCCNC(=O)C=Cc1ccccc1F. The summed E-state index contributed by atoms with van der Waals surface area (Å²) < 4.78 is 13.2. The molecule has 102 valence electrons. The van der Waals surface area contributed by atoms with E-state index in [2.05, 4.69) is 5.32 Å². The third kappa shape index (κ3) is 6.35. The Morgan fingerprint density at radius 1 is 1.26 bits per heavy atom. The highest BCUT2D eigenvalue weighted by Gasteiger charge is 1.99. The van der Waals surface area contributed by atoms with Crippen LogP contribution in [0.5, 0.6) is 0 Å². The number of benzene rings is 1. The van der Waals surface area contributed by atoms with E-state index >= 15 is 0 Å². The maximum absolute atomic E-state index is 13.2. The maximum Gasteiger partial charge on any atom is 0.303 e. The molecule has 0 radical (unpaired) electrons. The molecule has 0 aromatic heterocycles. The zero-order valence-corrected chi connectivity index (χ0v) is 10.4. The van der Waals surface area contributed by atoms with Crippen LogP contribution in [0.2, 0.25) is 0 Å². The molecule has 2 N–H and O–H groups in total. The Morgan fingerprint density at radius 2 is 2.00 bits per heavy atom. The summed E-state index contributed by atoms with van der Waals surface area (Å²) in [7, 11) is 0. The molecule has 1 amide bonds. The first-order chi connectivity index (χ1) is 9.09. The molecule has 0 bridgehead atoms. The first kappa shape index (κ1) is 14.9. The lowest BCUT2D eigenvalue weighted by molar-refractivity contribution is -0.137. The Morgan fingerprint density at radius 3 is 2.68 bits per heavy atom.